The average Bonchev–Trinajstić information content (AvgIpc) is 3.62. The molecule has 9 rings (SSSR count). The normalized spacial score (nSPS) is 11.3. The van der Waals surface area contributed by atoms with E-state index in [-0.39, 0.29) is 0 Å². The van der Waals surface area contributed by atoms with Gasteiger partial charge in [-0.15, -0.1) is 11.3 Å². The van der Waals surface area contributed by atoms with Crippen LogP contribution in [0, 0.1) is 0 Å². The highest BCUT2D eigenvalue weighted by Crippen LogP contribution is 2.43. The molecule has 9 aromatic rings. The van der Waals surface area contributed by atoms with Crippen LogP contribution in [-0.2, 0) is 0 Å². The second-order valence-corrected chi connectivity index (χ2v) is 13.1. The van der Waals surface area contributed by atoms with Crippen molar-refractivity contribution in [3.05, 3.63) is 188 Å². The van der Waals surface area contributed by atoms with Gasteiger partial charge in [0.25, 0.3) is 0 Å². The molecule has 0 fully saturated rings. The van der Waals surface area contributed by atoms with Crippen molar-refractivity contribution in [1.29, 1.82) is 0 Å². The minimum absolute atomic E-state index is 1.04. The third-order valence-electron chi connectivity index (χ3n) is 9.01. The largest absolute Gasteiger partial charge is 0.310 e. The Morgan fingerprint density at radius 2 is 0.857 bits per heavy atom. The lowest BCUT2D eigenvalue weighted by molar-refractivity contribution is 1.25. The zero-order chi connectivity index (χ0) is 32.6. The predicted octanol–water partition coefficient (Wildman–Crippen LogP) is 13.2. The van der Waals surface area contributed by atoms with Crippen LogP contribution in [0.5, 0.6) is 0 Å². The molecule has 0 amide bonds. The average molecular weight is 646 g/mol. The van der Waals surface area contributed by atoms with Crippen LogP contribution in [0.4, 0.5) is 34.1 Å². The molecule has 0 aliphatic rings. The van der Waals surface area contributed by atoms with E-state index in [2.05, 4.69) is 198 Å². The summed E-state index contributed by atoms with van der Waals surface area (Å²) in [5, 5.41) is 5.81. The van der Waals surface area contributed by atoms with Crippen LogP contribution < -0.4 is 9.80 Å². The lowest BCUT2D eigenvalue weighted by atomic mass is 10.00. The first kappa shape index (κ1) is 29.0. The number of fused-ring (bicyclic) bond motifs is 5. The molecule has 0 aliphatic carbocycles. The molecule has 1 aromatic heterocycles. The van der Waals surface area contributed by atoms with Crippen LogP contribution in [0.2, 0.25) is 0 Å². The van der Waals surface area contributed by atoms with Gasteiger partial charge >= 0.3 is 0 Å². The van der Waals surface area contributed by atoms with Crippen molar-refractivity contribution in [3.63, 3.8) is 0 Å². The standard InChI is InChI=1S/C45H31N3S/c1-5-14-34(15-6-1)45-46-44-42(49-45)29-27-33-25-24-32-26-28-40(31-41(32)43(33)44)48(37-20-11-4-12-21-37)39-23-13-22-38(30-39)47(35-16-7-2-8-17-35)36-18-9-3-10-19-36/h1-31H. The Labute approximate surface area is 289 Å². The van der Waals surface area contributed by atoms with Gasteiger partial charge in [0.1, 0.15) is 5.01 Å². The second-order valence-electron chi connectivity index (χ2n) is 12.1. The van der Waals surface area contributed by atoms with Crippen molar-refractivity contribution in [3.8, 4) is 10.6 Å². The van der Waals surface area contributed by atoms with Gasteiger partial charge in [-0.3, -0.25) is 0 Å². The number of aromatic nitrogens is 1. The minimum atomic E-state index is 1.04. The molecule has 0 saturated heterocycles. The van der Waals surface area contributed by atoms with Gasteiger partial charge in [-0.25, -0.2) is 4.98 Å². The van der Waals surface area contributed by atoms with E-state index in [1.165, 1.54) is 26.2 Å². The van der Waals surface area contributed by atoms with Crippen LogP contribution >= 0.6 is 11.3 Å². The highest BCUT2D eigenvalue weighted by Gasteiger charge is 2.18. The highest BCUT2D eigenvalue weighted by molar-refractivity contribution is 7.21. The van der Waals surface area contributed by atoms with Crippen LogP contribution in [0.25, 0.3) is 42.3 Å². The summed E-state index contributed by atoms with van der Waals surface area (Å²) in [4.78, 5) is 9.90. The molecular formula is C45H31N3S. The third kappa shape index (κ3) is 5.38. The number of hydrogen-bond acceptors (Lipinski definition) is 4. The molecule has 3 nitrogen and oxygen atoms in total. The fourth-order valence-corrected chi connectivity index (χ4v) is 7.74. The Kier molecular flexibility index (Phi) is 7.34. The Hall–Kier alpha value is -6.23. The number of anilines is 6. The molecule has 49 heavy (non-hydrogen) atoms. The molecule has 232 valence electrons. The van der Waals surface area contributed by atoms with E-state index in [9.17, 15) is 0 Å². The van der Waals surface area contributed by atoms with Crippen LogP contribution in [0.1, 0.15) is 0 Å². The predicted molar refractivity (Wildman–Crippen MR) is 209 cm³/mol. The summed E-state index contributed by atoms with van der Waals surface area (Å²) in [5.74, 6) is 0. The summed E-state index contributed by atoms with van der Waals surface area (Å²) in [6.45, 7) is 0. The van der Waals surface area contributed by atoms with Gasteiger partial charge in [0, 0.05) is 45.1 Å². The van der Waals surface area contributed by atoms with Crippen molar-refractivity contribution in [1.82, 2.24) is 4.98 Å². The molecule has 4 heteroatoms. The fraction of sp³-hybridized carbons (Fsp3) is 0. The monoisotopic (exact) mass is 645 g/mol. The van der Waals surface area contributed by atoms with Gasteiger partial charge in [-0.05, 0) is 89.0 Å². The zero-order valence-corrected chi connectivity index (χ0v) is 27.5. The van der Waals surface area contributed by atoms with E-state index in [4.69, 9.17) is 4.98 Å². The van der Waals surface area contributed by atoms with Gasteiger partial charge in [0.05, 0.1) is 10.2 Å². The van der Waals surface area contributed by atoms with Crippen molar-refractivity contribution in [2.24, 2.45) is 0 Å². The topological polar surface area (TPSA) is 19.4 Å². The fourth-order valence-electron chi connectivity index (χ4n) is 6.76. The summed E-state index contributed by atoms with van der Waals surface area (Å²) in [5.41, 5.74) is 8.75. The second kappa shape index (κ2) is 12.4. The lowest BCUT2D eigenvalue weighted by Crippen LogP contribution is -2.13. The van der Waals surface area contributed by atoms with Crippen molar-refractivity contribution < 1.29 is 0 Å². The first-order chi connectivity index (χ1) is 24.3. The zero-order valence-electron chi connectivity index (χ0n) is 26.6. The quantitative estimate of drug-likeness (QED) is 0.161. The third-order valence-corrected chi connectivity index (χ3v) is 10.1. The van der Waals surface area contributed by atoms with Crippen molar-refractivity contribution in [2.75, 3.05) is 9.80 Å². The smallest absolute Gasteiger partial charge is 0.124 e. The van der Waals surface area contributed by atoms with Crippen LogP contribution in [0.3, 0.4) is 0 Å². The van der Waals surface area contributed by atoms with Gasteiger partial charge < -0.3 is 9.80 Å². The van der Waals surface area contributed by atoms with E-state index < -0.39 is 0 Å². The maximum atomic E-state index is 5.24. The molecule has 0 N–H and O–H groups in total. The number of nitrogens with zero attached hydrogens (tertiary/aromatic N) is 3. The van der Waals surface area contributed by atoms with Crippen molar-refractivity contribution >= 4 is 77.2 Å². The number of thiazole rings is 1. The first-order valence-corrected chi connectivity index (χ1v) is 17.3. The van der Waals surface area contributed by atoms with Crippen LogP contribution in [-0.4, -0.2) is 4.98 Å². The van der Waals surface area contributed by atoms with Gasteiger partial charge in [0.15, 0.2) is 0 Å². The maximum absolute atomic E-state index is 5.24. The van der Waals surface area contributed by atoms with Crippen LogP contribution in [0.15, 0.2) is 188 Å². The van der Waals surface area contributed by atoms with Gasteiger partial charge in [0.2, 0.25) is 0 Å². The summed E-state index contributed by atoms with van der Waals surface area (Å²) < 4.78 is 1.19. The molecule has 8 aromatic carbocycles. The number of para-hydroxylation sites is 3. The van der Waals surface area contributed by atoms with E-state index >= 15 is 0 Å². The molecule has 0 bridgehead atoms. The van der Waals surface area contributed by atoms with E-state index in [1.807, 2.05) is 0 Å². The molecule has 1 heterocycles. The van der Waals surface area contributed by atoms with E-state index in [0.717, 1.165) is 50.2 Å². The Bertz CT molecular complexity index is 2510. The Morgan fingerprint density at radius 3 is 1.47 bits per heavy atom. The van der Waals surface area contributed by atoms with Crippen molar-refractivity contribution in [2.45, 2.75) is 0 Å². The molecule has 0 atom stereocenters. The maximum Gasteiger partial charge on any atom is 0.124 e. The summed E-state index contributed by atoms with van der Waals surface area (Å²) in [7, 11) is 0. The molecule has 0 aliphatic heterocycles. The number of rotatable bonds is 7. The summed E-state index contributed by atoms with van der Waals surface area (Å²) in [6.07, 6.45) is 0. The highest BCUT2D eigenvalue weighted by atomic mass is 32.1. The lowest BCUT2D eigenvalue weighted by Gasteiger charge is -2.29. The number of hydrogen-bond donors (Lipinski definition) is 0. The van der Waals surface area contributed by atoms with E-state index in [1.54, 1.807) is 11.3 Å². The summed E-state index contributed by atoms with van der Waals surface area (Å²) >= 11 is 1.75. The molecule has 0 radical (unpaired) electrons. The molecule has 0 saturated carbocycles. The van der Waals surface area contributed by atoms with Gasteiger partial charge in [-0.1, -0.05) is 115 Å². The molecule has 0 unspecified atom stereocenters. The molecule has 0 spiro atoms. The van der Waals surface area contributed by atoms with E-state index in [0.29, 0.717) is 0 Å². The number of benzene rings is 8. The summed E-state index contributed by atoms with van der Waals surface area (Å²) in [6, 6.07) is 66.8. The Morgan fingerprint density at radius 1 is 0.388 bits per heavy atom. The minimum Gasteiger partial charge on any atom is -0.310 e. The SMILES string of the molecule is c1ccc(-c2nc3c(ccc4ccc5ccc(N(c6ccccc6)c6cccc(N(c7ccccc7)c7ccccc7)c6)cc5c43)s2)cc1. The Balaban J connectivity index is 1.23. The molecular weight excluding hydrogens is 615 g/mol. The van der Waals surface area contributed by atoms with Gasteiger partial charge in [-0.2, -0.15) is 0 Å². The first-order valence-electron chi connectivity index (χ1n) is 16.5.